The van der Waals surface area contributed by atoms with E-state index in [-0.39, 0.29) is 23.6 Å². The van der Waals surface area contributed by atoms with Crippen LogP contribution in [0.4, 0.5) is 5.69 Å². The van der Waals surface area contributed by atoms with E-state index in [9.17, 15) is 39.3 Å². The van der Waals surface area contributed by atoms with Gasteiger partial charge in [-0.1, -0.05) is 19.9 Å². The maximum atomic E-state index is 12.8. The number of aliphatic carboxylic acids is 1. The van der Waals surface area contributed by atoms with Gasteiger partial charge in [0.25, 0.3) is 5.91 Å². The predicted octanol–water partition coefficient (Wildman–Crippen LogP) is 1.44. The molecule has 1 rings (SSSR count). The molecule has 1 unspecified atom stereocenters. The van der Waals surface area contributed by atoms with Gasteiger partial charge in [0.15, 0.2) is 17.9 Å². The van der Waals surface area contributed by atoms with Crippen molar-refractivity contribution in [3.05, 3.63) is 23.8 Å². The maximum absolute atomic E-state index is 12.8. The Kier molecular flexibility index (Phi) is 11.8. The second-order valence-electron chi connectivity index (χ2n) is 8.81. The number of phenolic OH excluding ortho intramolecular Hbond substituents is 1. The van der Waals surface area contributed by atoms with Gasteiger partial charge in [-0.05, 0) is 45.2 Å². The average Bonchev–Trinajstić information content (AvgIpc) is 2.79. The number of amides is 2. The summed E-state index contributed by atoms with van der Waals surface area (Å²) in [5.74, 6) is -5.56. The molecular weight excluding hydrogens is 476 g/mol. The summed E-state index contributed by atoms with van der Waals surface area (Å²) in [5, 5.41) is 34.2. The Labute approximate surface area is 209 Å². The van der Waals surface area contributed by atoms with Crippen molar-refractivity contribution >= 4 is 35.9 Å². The van der Waals surface area contributed by atoms with Crippen LogP contribution in [0, 0.1) is 11.8 Å². The van der Waals surface area contributed by atoms with Crippen LogP contribution in [0.5, 0.6) is 5.75 Å². The summed E-state index contributed by atoms with van der Waals surface area (Å²) in [6.45, 7) is 7.66. The monoisotopic (exact) mass is 510 g/mol. The number of esters is 2. The number of benzene rings is 1. The minimum absolute atomic E-state index is 0.0489. The van der Waals surface area contributed by atoms with Crippen LogP contribution >= 0.6 is 0 Å². The fraction of sp³-hybridized carbons (Fsp3) is 0.542. The molecule has 36 heavy (non-hydrogen) atoms. The van der Waals surface area contributed by atoms with E-state index < -0.39 is 59.8 Å². The van der Waals surface area contributed by atoms with E-state index in [1.54, 1.807) is 0 Å². The number of carbonyl (C=O) groups excluding carboxylic acids is 4. The average molecular weight is 511 g/mol. The molecule has 0 bridgehead atoms. The van der Waals surface area contributed by atoms with Crippen LogP contribution in [0.2, 0.25) is 0 Å². The third-order valence-electron chi connectivity index (χ3n) is 5.36. The van der Waals surface area contributed by atoms with Gasteiger partial charge in [-0.3, -0.25) is 19.2 Å². The molecule has 0 heterocycles. The highest BCUT2D eigenvalue weighted by Gasteiger charge is 2.37. The summed E-state index contributed by atoms with van der Waals surface area (Å²) in [5.41, 5.74) is -0.336. The molecule has 0 spiro atoms. The van der Waals surface area contributed by atoms with Crippen molar-refractivity contribution in [2.24, 2.45) is 11.8 Å². The van der Waals surface area contributed by atoms with E-state index in [4.69, 9.17) is 9.47 Å². The van der Waals surface area contributed by atoms with Crippen molar-refractivity contribution in [3.63, 3.8) is 0 Å². The first-order valence-electron chi connectivity index (χ1n) is 11.4. The first-order valence-corrected chi connectivity index (χ1v) is 11.4. The summed E-state index contributed by atoms with van der Waals surface area (Å²) < 4.78 is 10.6. The fourth-order valence-electron chi connectivity index (χ4n) is 3.19. The Morgan fingerprint density at radius 2 is 1.69 bits per heavy atom. The summed E-state index contributed by atoms with van der Waals surface area (Å²) in [7, 11) is 0. The van der Waals surface area contributed by atoms with Crippen LogP contribution in [0.15, 0.2) is 18.2 Å². The van der Waals surface area contributed by atoms with E-state index in [0.717, 1.165) is 0 Å². The molecule has 1 aromatic rings. The third-order valence-corrected chi connectivity index (χ3v) is 5.36. The molecule has 0 aliphatic heterocycles. The number of ether oxygens (including phenoxy) is 2. The Morgan fingerprint density at radius 3 is 2.22 bits per heavy atom. The first-order chi connectivity index (χ1) is 16.8. The molecule has 0 saturated heterocycles. The maximum Gasteiger partial charge on any atom is 0.331 e. The number of hydrogen-bond donors (Lipinski definition) is 5. The molecule has 0 aliphatic carbocycles. The van der Waals surface area contributed by atoms with Gasteiger partial charge in [0.1, 0.15) is 6.10 Å². The molecule has 5 atom stereocenters. The summed E-state index contributed by atoms with van der Waals surface area (Å²) >= 11 is 0. The number of aliphatic hydroxyl groups excluding tert-OH is 1. The van der Waals surface area contributed by atoms with Crippen molar-refractivity contribution in [1.29, 1.82) is 0 Å². The number of phenols is 1. The van der Waals surface area contributed by atoms with Gasteiger partial charge in [0, 0.05) is 6.42 Å². The summed E-state index contributed by atoms with van der Waals surface area (Å²) in [6, 6.07) is 2.34. The molecule has 5 N–H and O–H groups in total. The molecule has 0 saturated carbocycles. The second kappa shape index (κ2) is 14.0. The van der Waals surface area contributed by atoms with E-state index in [1.807, 2.05) is 13.8 Å². The third kappa shape index (κ3) is 8.84. The van der Waals surface area contributed by atoms with Crippen LogP contribution in [-0.4, -0.2) is 69.9 Å². The summed E-state index contributed by atoms with van der Waals surface area (Å²) in [4.78, 5) is 59.9. The number of hydrogen-bond acceptors (Lipinski definition) is 9. The number of carboxylic acids is 1. The van der Waals surface area contributed by atoms with E-state index in [0.29, 0.717) is 12.8 Å². The van der Waals surface area contributed by atoms with Crippen LogP contribution in [0.3, 0.4) is 0 Å². The van der Waals surface area contributed by atoms with Gasteiger partial charge in [-0.15, -0.1) is 0 Å². The van der Waals surface area contributed by atoms with Crippen molar-refractivity contribution in [2.75, 3.05) is 5.32 Å². The largest absolute Gasteiger partial charge is 0.505 e. The van der Waals surface area contributed by atoms with Gasteiger partial charge in [-0.25, -0.2) is 4.79 Å². The van der Waals surface area contributed by atoms with Crippen LogP contribution in [-0.2, 0) is 28.7 Å². The Morgan fingerprint density at radius 1 is 1.06 bits per heavy atom. The lowest BCUT2D eigenvalue weighted by molar-refractivity contribution is -0.177. The Balaban J connectivity index is 3.03. The van der Waals surface area contributed by atoms with Gasteiger partial charge in [0.05, 0.1) is 23.3 Å². The van der Waals surface area contributed by atoms with Crippen molar-refractivity contribution in [2.45, 2.75) is 71.8 Å². The quantitative estimate of drug-likeness (QED) is 0.139. The van der Waals surface area contributed by atoms with Crippen LogP contribution in [0.1, 0.15) is 57.8 Å². The Bertz CT molecular complexity index is 947. The number of carbonyl (C=O) groups is 5. The zero-order valence-electron chi connectivity index (χ0n) is 20.9. The highest BCUT2D eigenvalue weighted by molar-refractivity contribution is 6.01. The van der Waals surface area contributed by atoms with Crippen LogP contribution < -0.4 is 10.6 Å². The SMILES string of the molecule is CC(C)CCC(=O)O[C@@H]([C@H](C)OC(=O)[C@@H](NC(=O)c1cccc(NC=O)c1O)C(C)O)[C@@H](C)C(=O)O. The number of aromatic hydroxyl groups is 1. The Hall–Kier alpha value is -3.67. The topological polar surface area (TPSA) is 189 Å². The molecule has 0 fully saturated rings. The van der Waals surface area contributed by atoms with Gasteiger partial charge < -0.3 is 35.4 Å². The lowest BCUT2D eigenvalue weighted by Gasteiger charge is -2.29. The van der Waals surface area contributed by atoms with Gasteiger partial charge >= 0.3 is 17.9 Å². The summed E-state index contributed by atoms with van der Waals surface area (Å²) in [6.07, 6.45) is -3.14. The second-order valence-corrected chi connectivity index (χ2v) is 8.81. The highest BCUT2D eigenvalue weighted by Crippen LogP contribution is 2.27. The standard InChI is InChI=1S/C24H34N2O10/c1-12(2)9-10-18(29)36-21(13(3)23(32)33)15(5)35-24(34)19(14(4)28)26-22(31)16-7-6-8-17(20(16)30)25-11-27/h6-8,11-15,19,21,28,30H,9-10H2,1-5H3,(H,25,27)(H,26,31)(H,32,33)/t13-,14?,15+,19+,21-/m1/s1. The lowest BCUT2D eigenvalue weighted by atomic mass is 10.00. The van der Waals surface area contributed by atoms with E-state index in [1.165, 1.54) is 39.0 Å². The molecule has 0 radical (unpaired) electrons. The lowest BCUT2D eigenvalue weighted by Crippen LogP contribution is -2.51. The number of anilines is 1. The minimum atomic E-state index is -1.61. The zero-order chi connectivity index (χ0) is 27.6. The molecule has 200 valence electrons. The first kappa shape index (κ1) is 30.4. The number of nitrogens with one attached hydrogen (secondary N) is 2. The molecule has 1 aromatic carbocycles. The normalized spacial score (nSPS) is 15.1. The highest BCUT2D eigenvalue weighted by atomic mass is 16.6. The van der Waals surface area contributed by atoms with Crippen molar-refractivity contribution in [1.82, 2.24) is 5.32 Å². The number of carboxylic acid groups (broad SMARTS) is 1. The van der Waals surface area contributed by atoms with Gasteiger partial charge in [-0.2, -0.15) is 0 Å². The molecule has 0 aromatic heterocycles. The van der Waals surface area contributed by atoms with E-state index in [2.05, 4.69) is 10.6 Å². The number of para-hydroxylation sites is 1. The predicted molar refractivity (Wildman–Crippen MR) is 127 cm³/mol. The molecule has 12 heteroatoms. The van der Waals surface area contributed by atoms with Crippen molar-refractivity contribution in [3.8, 4) is 5.75 Å². The molecule has 12 nitrogen and oxygen atoms in total. The zero-order valence-corrected chi connectivity index (χ0v) is 20.9. The smallest absolute Gasteiger partial charge is 0.331 e. The molecular formula is C24H34N2O10. The molecule has 0 aliphatic rings. The fourth-order valence-corrected chi connectivity index (χ4v) is 3.19. The molecule has 2 amide bonds. The minimum Gasteiger partial charge on any atom is -0.505 e. The van der Waals surface area contributed by atoms with E-state index >= 15 is 0 Å². The number of rotatable bonds is 14. The number of aliphatic hydroxyl groups is 1. The van der Waals surface area contributed by atoms with Crippen molar-refractivity contribution < 1.29 is 48.8 Å². The van der Waals surface area contributed by atoms with Crippen LogP contribution in [0.25, 0.3) is 0 Å². The van der Waals surface area contributed by atoms with Gasteiger partial charge in [0.2, 0.25) is 6.41 Å².